The molecule has 24 heavy (non-hydrogen) atoms. The zero-order valence-electron chi connectivity index (χ0n) is 13.3. The molecule has 4 nitrogen and oxygen atoms in total. The predicted molar refractivity (Wildman–Crippen MR) is 99.0 cm³/mol. The van der Waals surface area contributed by atoms with Gasteiger partial charge in [-0.05, 0) is 35.7 Å². The van der Waals surface area contributed by atoms with Crippen molar-refractivity contribution < 1.29 is 12.6 Å². The second-order valence-electron chi connectivity index (χ2n) is 5.30. The molecule has 123 valence electrons. The van der Waals surface area contributed by atoms with Gasteiger partial charge in [0, 0.05) is 0 Å². The van der Waals surface area contributed by atoms with Gasteiger partial charge in [-0.25, -0.2) is 0 Å². The monoisotopic (exact) mass is 359 g/mol. The van der Waals surface area contributed by atoms with E-state index in [-0.39, 0.29) is 12.4 Å². The first-order chi connectivity index (χ1) is 11.6. The molecule has 0 unspecified atom stereocenters. The summed E-state index contributed by atoms with van der Waals surface area (Å²) in [5.41, 5.74) is 0.997. The van der Waals surface area contributed by atoms with Gasteiger partial charge >= 0.3 is 5.04 Å². The third-order valence-corrected chi connectivity index (χ3v) is 5.86. The van der Waals surface area contributed by atoms with Crippen LogP contribution in [0.1, 0.15) is 19.8 Å². The van der Waals surface area contributed by atoms with E-state index < -0.39 is 10.1 Å². The predicted octanol–water partition coefficient (Wildman–Crippen LogP) is 3.46. The number of fused-ring (bicyclic) bond motifs is 3. The van der Waals surface area contributed by atoms with E-state index in [0.717, 1.165) is 21.0 Å². The van der Waals surface area contributed by atoms with Gasteiger partial charge in [-0.2, -0.15) is 8.42 Å². The summed E-state index contributed by atoms with van der Waals surface area (Å²) in [4.78, 5) is 5.81. The maximum atomic E-state index is 11.4. The number of rotatable bonds is 5. The van der Waals surface area contributed by atoms with Gasteiger partial charge in [-0.3, -0.25) is 4.18 Å². The molecule has 3 rings (SSSR count). The van der Waals surface area contributed by atoms with Gasteiger partial charge in [0.05, 0.1) is 21.0 Å². The molecule has 1 aliphatic heterocycles. The van der Waals surface area contributed by atoms with E-state index in [9.17, 15) is 8.42 Å². The van der Waals surface area contributed by atoms with Crippen molar-refractivity contribution in [3.8, 4) is 11.8 Å². The molecule has 2 aromatic rings. The standard InChI is InChI=1S/C18H17NO3S2/c1-2-13-24(20,21)22-12-6-5-9-17-19-18-15-8-4-3-7-14(15)10-11-16(18)23-17/h3-4,7-8,10-11H,2,9,12-13H2,1H3/q+1. The summed E-state index contributed by atoms with van der Waals surface area (Å²) in [5, 5.41) is 3.23. The van der Waals surface area contributed by atoms with Crippen LogP contribution in [0.3, 0.4) is 0 Å². The van der Waals surface area contributed by atoms with Gasteiger partial charge in [-0.15, -0.1) is 0 Å². The normalized spacial score (nSPS) is 13.3. The highest BCUT2D eigenvalue weighted by Crippen LogP contribution is 2.38. The third-order valence-electron chi connectivity index (χ3n) is 3.46. The van der Waals surface area contributed by atoms with E-state index in [4.69, 9.17) is 4.18 Å². The number of hydrogen-bond acceptors (Lipinski definition) is 5. The van der Waals surface area contributed by atoms with Crippen LogP contribution in [0.15, 0.2) is 41.3 Å². The molecule has 0 saturated heterocycles. The smallest absolute Gasteiger partial charge is 0.257 e. The van der Waals surface area contributed by atoms with E-state index in [1.807, 2.05) is 12.1 Å². The largest absolute Gasteiger partial charge is 0.305 e. The molecule has 1 heterocycles. The Bertz CT molecular complexity index is 953. The minimum atomic E-state index is -3.44. The van der Waals surface area contributed by atoms with Crippen molar-refractivity contribution in [3.05, 3.63) is 36.4 Å². The van der Waals surface area contributed by atoms with Crippen LogP contribution in [-0.4, -0.2) is 25.8 Å². The highest BCUT2D eigenvalue weighted by molar-refractivity contribution is 8.14. The van der Waals surface area contributed by atoms with Gasteiger partial charge in [0.25, 0.3) is 15.8 Å². The van der Waals surface area contributed by atoms with Crippen LogP contribution in [0.5, 0.6) is 0 Å². The molecule has 0 spiro atoms. The van der Waals surface area contributed by atoms with Gasteiger partial charge < -0.3 is 0 Å². The van der Waals surface area contributed by atoms with Crippen LogP contribution < -0.4 is 4.99 Å². The Morgan fingerprint density at radius 2 is 2.00 bits per heavy atom. The SMILES string of the molecule is CCCS(=O)(=O)OCC#CCC1=[N+]c2c(ccc3ccccc23)S1. The second-order valence-corrected chi connectivity index (χ2v) is 8.17. The molecule has 0 atom stereocenters. The highest BCUT2D eigenvalue weighted by atomic mass is 32.2. The minimum Gasteiger partial charge on any atom is -0.257 e. The number of hydrogen-bond donors (Lipinski definition) is 0. The highest BCUT2D eigenvalue weighted by Gasteiger charge is 2.29. The summed E-state index contributed by atoms with van der Waals surface area (Å²) in [6.45, 7) is 1.69. The number of nitrogens with zero attached hydrogens (tertiary/aromatic N) is 1. The lowest BCUT2D eigenvalue weighted by Gasteiger charge is -1.98. The molecule has 1 radical (unpaired) electrons. The van der Waals surface area contributed by atoms with Gasteiger partial charge in [0.2, 0.25) is 0 Å². The summed E-state index contributed by atoms with van der Waals surface area (Å²) in [6, 6.07) is 12.3. The van der Waals surface area contributed by atoms with Crippen LogP contribution in [0.25, 0.3) is 10.8 Å². The van der Waals surface area contributed by atoms with E-state index >= 15 is 0 Å². The quantitative estimate of drug-likeness (QED) is 0.606. The first-order valence-electron chi connectivity index (χ1n) is 7.69. The third kappa shape index (κ3) is 3.99. The molecule has 0 aromatic heterocycles. The van der Waals surface area contributed by atoms with Crippen LogP contribution in [0.4, 0.5) is 5.69 Å². The summed E-state index contributed by atoms with van der Waals surface area (Å²) >= 11 is 1.61. The fourth-order valence-corrected chi connectivity index (χ4v) is 4.18. The lowest BCUT2D eigenvalue weighted by atomic mass is 10.1. The van der Waals surface area contributed by atoms with Crippen molar-refractivity contribution in [2.45, 2.75) is 24.7 Å². The Kier molecular flexibility index (Phi) is 5.24. The van der Waals surface area contributed by atoms with Gasteiger partial charge in [0.1, 0.15) is 13.0 Å². The fourth-order valence-electron chi connectivity index (χ4n) is 2.40. The maximum Gasteiger partial charge on any atom is 0.305 e. The van der Waals surface area contributed by atoms with E-state index in [0.29, 0.717) is 12.8 Å². The molecular formula is C18H17NO3S2+. The average molecular weight is 359 g/mol. The average Bonchev–Trinajstić information content (AvgIpc) is 2.98. The summed E-state index contributed by atoms with van der Waals surface area (Å²) in [5.74, 6) is 5.71. The van der Waals surface area contributed by atoms with E-state index in [2.05, 4.69) is 41.1 Å². The molecule has 1 aliphatic rings. The van der Waals surface area contributed by atoms with Crippen molar-refractivity contribution >= 4 is 43.4 Å². The molecule has 0 N–H and O–H groups in total. The molecule has 0 fully saturated rings. The van der Waals surface area contributed by atoms with Crippen LogP contribution in [-0.2, 0) is 14.3 Å². The molecule has 0 bridgehead atoms. The minimum absolute atomic E-state index is 0.0274. The van der Waals surface area contributed by atoms with Gasteiger partial charge in [0.15, 0.2) is 0 Å². The lowest BCUT2D eigenvalue weighted by molar-refractivity contribution is 0.363. The second kappa shape index (κ2) is 7.39. The molecule has 0 saturated carbocycles. The number of benzene rings is 2. The Labute approximate surface area is 146 Å². The molecule has 2 aromatic carbocycles. The maximum absolute atomic E-state index is 11.4. The van der Waals surface area contributed by atoms with Crippen LogP contribution in [0.2, 0.25) is 0 Å². The molecule has 0 amide bonds. The van der Waals surface area contributed by atoms with Crippen LogP contribution >= 0.6 is 11.8 Å². The Morgan fingerprint density at radius 1 is 1.17 bits per heavy atom. The number of aliphatic imine (C=N–C) groups is 1. The van der Waals surface area contributed by atoms with Gasteiger partial charge in [-0.1, -0.05) is 43.0 Å². The summed E-state index contributed by atoms with van der Waals surface area (Å²) < 4.78 is 27.6. The van der Waals surface area contributed by atoms with Crippen molar-refractivity contribution in [1.82, 2.24) is 4.99 Å². The Balaban J connectivity index is 1.64. The summed E-state index contributed by atoms with van der Waals surface area (Å²) in [6.07, 6.45) is 1.03. The first-order valence-corrected chi connectivity index (χ1v) is 10.1. The van der Waals surface area contributed by atoms with Crippen molar-refractivity contribution in [1.29, 1.82) is 0 Å². The number of thioether (sulfide) groups is 1. The Hall–Kier alpha value is -1.81. The Morgan fingerprint density at radius 3 is 2.83 bits per heavy atom. The van der Waals surface area contributed by atoms with Crippen molar-refractivity contribution in [2.24, 2.45) is 0 Å². The zero-order chi connectivity index (χ0) is 17.0. The first kappa shape index (κ1) is 17.0. The molecular weight excluding hydrogens is 342 g/mol. The zero-order valence-corrected chi connectivity index (χ0v) is 14.9. The van der Waals surface area contributed by atoms with E-state index in [1.165, 1.54) is 5.39 Å². The fraction of sp³-hybridized carbons (Fsp3) is 0.278. The molecule has 0 aliphatic carbocycles. The lowest BCUT2D eigenvalue weighted by Crippen LogP contribution is -2.09. The van der Waals surface area contributed by atoms with Crippen LogP contribution in [0, 0.1) is 11.8 Å². The summed E-state index contributed by atoms with van der Waals surface area (Å²) in [7, 11) is -3.44. The van der Waals surface area contributed by atoms with Crippen molar-refractivity contribution in [3.63, 3.8) is 0 Å². The topological polar surface area (TPSA) is 57.5 Å². The van der Waals surface area contributed by atoms with Crippen molar-refractivity contribution in [2.75, 3.05) is 12.4 Å². The van der Waals surface area contributed by atoms with E-state index in [1.54, 1.807) is 18.7 Å². The molecule has 6 heteroatoms.